The lowest BCUT2D eigenvalue weighted by molar-refractivity contribution is -0.127. The average Bonchev–Trinajstić information content (AvgIpc) is 3.21. The Morgan fingerprint density at radius 2 is 1.77 bits per heavy atom. The predicted octanol–water partition coefficient (Wildman–Crippen LogP) is 4.06. The van der Waals surface area contributed by atoms with Crippen LogP contribution in [0, 0.1) is 11.7 Å². The molecule has 2 aromatic carbocycles. The van der Waals surface area contributed by atoms with Crippen LogP contribution in [-0.2, 0) is 16.0 Å². The van der Waals surface area contributed by atoms with Crippen LogP contribution in [0.25, 0.3) is 10.6 Å². The van der Waals surface area contributed by atoms with E-state index in [0.29, 0.717) is 15.7 Å². The zero-order valence-corrected chi connectivity index (χ0v) is 17.6. The first-order valence-corrected chi connectivity index (χ1v) is 10.5. The fourth-order valence-electron chi connectivity index (χ4n) is 2.87. The molecule has 0 radical (unpaired) electrons. The molecule has 0 bridgehead atoms. The Hall–Kier alpha value is -3.13. The van der Waals surface area contributed by atoms with Gasteiger partial charge in [-0.15, -0.1) is 10.2 Å². The monoisotopic (exact) mass is 426 g/mol. The van der Waals surface area contributed by atoms with Crippen molar-refractivity contribution in [2.45, 2.75) is 32.7 Å². The van der Waals surface area contributed by atoms with E-state index in [9.17, 15) is 14.0 Å². The number of anilines is 1. The number of carbonyl (C=O) groups is 2. The van der Waals surface area contributed by atoms with Gasteiger partial charge < -0.3 is 5.32 Å². The standard InChI is InChI=1S/C22H23FN4O2S/c1-3-14(2)19(24-18(28)13-15-7-5-4-6-8-15)20(29)25-22-27-26-21(30-22)16-9-11-17(23)12-10-16/h4-12,14,19H,3,13H2,1-2H3,(H,24,28)(H,25,27,29). The Labute approximate surface area is 178 Å². The van der Waals surface area contributed by atoms with Crippen LogP contribution in [0.1, 0.15) is 25.8 Å². The summed E-state index contributed by atoms with van der Waals surface area (Å²) in [5.41, 5.74) is 1.59. The number of carbonyl (C=O) groups excluding carboxylic acids is 2. The molecule has 6 nitrogen and oxygen atoms in total. The van der Waals surface area contributed by atoms with Crippen molar-refractivity contribution >= 4 is 28.3 Å². The summed E-state index contributed by atoms with van der Waals surface area (Å²) in [6, 6.07) is 14.6. The Bertz CT molecular complexity index is 992. The zero-order chi connectivity index (χ0) is 21.5. The first-order chi connectivity index (χ1) is 14.5. The number of hydrogen-bond donors (Lipinski definition) is 2. The summed E-state index contributed by atoms with van der Waals surface area (Å²) < 4.78 is 13.1. The number of amides is 2. The summed E-state index contributed by atoms with van der Waals surface area (Å²) in [6.07, 6.45) is 0.926. The highest BCUT2D eigenvalue weighted by atomic mass is 32.1. The van der Waals surface area contributed by atoms with Crippen molar-refractivity contribution in [3.63, 3.8) is 0 Å². The van der Waals surface area contributed by atoms with Gasteiger partial charge in [0.2, 0.25) is 16.9 Å². The molecule has 156 valence electrons. The fourth-order valence-corrected chi connectivity index (χ4v) is 3.63. The van der Waals surface area contributed by atoms with E-state index in [4.69, 9.17) is 0 Å². The highest BCUT2D eigenvalue weighted by molar-refractivity contribution is 7.18. The minimum absolute atomic E-state index is 0.0609. The maximum Gasteiger partial charge on any atom is 0.249 e. The van der Waals surface area contributed by atoms with Gasteiger partial charge in [0.05, 0.1) is 6.42 Å². The van der Waals surface area contributed by atoms with Gasteiger partial charge in [0, 0.05) is 5.56 Å². The van der Waals surface area contributed by atoms with Crippen LogP contribution in [-0.4, -0.2) is 28.1 Å². The van der Waals surface area contributed by atoms with Gasteiger partial charge in [-0.05, 0) is 35.7 Å². The van der Waals surface area contributed by atoms with Crippen LogP contribution >= 0.6 is 11.3 Å². The third kappa shape index (κ3) is 5.70. The third-order valence-corrected chi connectivity index (χ3v) is 5.65. The van der Waals surface area contributed by atoms with E-state index in [-0.39, 0.29) is 30.0 Å². The second kappa shape index (κ2) is 10.1. The van der Waals surface area contributed by atoms with Crippen molar-refractivity contribution in [3.8, 4) is 10.6 Å². The molecule has 0 spiro atoms. The Morgan fingerprint density at radius 3 is 2.43 bits per heavy atom. The topological polar surface area (TPSA) is 84.0 Å². The van der Waals surface area contributed by atoms with Gasteiger partial charge in [-0.2, -0.15) is 0 Å². The summed E-state index contributed by atoms with van der Waals surface area (Å²) in [5.74, 6) is -0.952. The van der Waals surface area contributed by atoms with Gasteiger partial charge >= 0.3 is 0 Å². The minimum atomic E-state index is -0.690. The second-order valence-corrected chi connectivity index (χ2v) is 7.98. The molecular weight excluding hydrogens is 403 g/mol. The van der Waals surface area contributed by atoms with Gasteiger partial charge in [-0.25, -0.2) is 4.39 Å². The Kier molecular flexibility index (Phi) is 7.24. The maximum absolute atomic E-state index is 13.1. The average molecular weight is 427 g/mol. The zero-order valence-electron chi connectivity index (χ0n) is 16.8. The molecule has 8 heteroatoms. The lowest BCUT2D eigenvalue weighted by Crippen LogP contribution is -2.48. The van der Waals surface area contributed by atoms with Crippen molar-refractivity contribution in [1.29, 1.82) is 0 Å². The largest absolute Gasteiger partial charge is 0.344 e. The van der Waals surface area contributed by atoms with Crippen molar-refractivity contribution in [2.24, 2.45) is 5.92 Å². The molecule has 1 aromatic heterocycles. The van der Waals surface area contributed by atoms with Crippen LogP contribution in [0.3, 0.4) is 0 Å². The lowest BCUT2D eigenvalue weighted by Gasteiger charge is -2.23. The molecule has 30 heavy (non-hydrogen) atoms. The lowest BCUT2D eigenvalue weighted by atomic mass is 9.98. The van der Waals surface area contributed by atoms with Crippen LogP contribution in [0.4, 0.5) is 9.52 Å². The molecule has 0 fully saturated rings. The highest BCUT2D eigenvalue weighted by Crippen LogP contribution is 2.26. The van der Waals surface area contributed by atoms with Crippen LogP contribution < -0.4 is 10.6 Å². The number of nitrogens with one attached hydrogen (secondary N) is 2. The quantitative estimate of drug-likeness (QED) is 0.569. The summed E-state index contributed by atoms with van der Waals surface area (Å²) in [6.45, 7) is 3.88. The maximum atomic E-state index is 13.1. The van der Waals surface area contributed by atoms with Gasteiger partial charge in [-0.3, -0.25) is 14.9 Å². The van der Waals surface area contributed by atoms with Crippen LogP contribution in [0.15, 0.2) is 54.6 Å². The first-order valence-electron chi connectivity index (χ1n) is 9.70. The molecule has 1 heterocycles. The molecule has 0 aliphatic rings. The van der Waals surface area contributed by atoms with Crippen molar-refractivity contribution in [1.82, 2.24) is 15.5 Å². The first kappa shape index (κ1) is 21.6. The third-order valence-electron chi connectivity index (χ3n) is 4.77. The second-order valence-electron chi connectivity index (χ2n) is 7.00. The molecule has 2 N–H and O–H groups in total. The van der Waals surface area contributed by atoms with Crippen molar-refractivity contribution in [2.75, 3.05) is 5.32 Å². The van der Waals surface area contributed by atoms with E-state index in [1.165, 1.54) is 23.5 Å². The molecule has 2 atom stereocenters. The molecule has 3 aromatic rings. The SMILES string of the molecule is CCC(C)C(NC(=O)Cc1ccccc1)C(=O)Nc1nnc(-c2ccc(F)cc2)s1. The molecule has 0 aliphatic carbocycles. The van der Waals surface area contributed by atoms with E-state index >= 15 is 0 Å². The molecule has 2 unspecified atom stereocenters. The molecule has 0 saturated heterocycles. The van der Waals surface area contributed by atoms with Gasteiger partial charge in [0.15, 0.2) is 0 Å². The van der Waals surface area contributed by atoms with E-state index in [2.05, 4.69) is 20.8 Å². The summed E-state index contributed by atoms with van der Waals surface area (Å²) in [5, 5.41) is 14.5. The van der Waals surface area contributed by atoms with E-state index in [1.54, 1.807) is 12.1 Å². The molecule has 0 aliphatic heterocycles. The van der Waals surface area contributed by atoms with Crippen LogP contribution in [0.2, 0.25) is 0 Å². The number of halogens is 1. The summed E-state index contributed by atoms with van der Waals surface area (Å²) >= 11 is 1.19. The van der Waals surface area contributed by atoms with Gasteiger partial charge in [-0.1, -0.05) is 61.9 Å². The molecule has 2 amide bonds. The summed E-state index contributed by atoms with van der Waals surface area (Å²) in [7, 11) is 0. The molecule has 0 saturated carbocycles. The van der Waals surface area contributed by atoms with E-state index < -0.39 is 6.04 Å². The Morgan fingerprint density at radius 1 is 1.07 bits per heavy atom. The highest BCUT2D eigenvalue weighted by Gasteiger charge is 2.27. The number of rotatable bonds is 8. The summed E-state index contributed by atoms with van der Waals surface area (Å²) in [4.78, 5) is 25.3. The minimum Gasteiger partial charge on any atom is -0.344 e. The number of benzene rings is 2. The van der Waals surface area contributed by atoms with E-state index in [1.807, 2.05) is 44.2 Å². The smallest absolute Gasteiger partial charge is 0.249 e. The predicted molar refractivity (Wildman–Crippen MR) is 115 cm³/mol. The van der Waals surface area contributed by atoms with Crippen molar-refractivity contribution in [3.05, 3.63) is 66.0 Å². The molecule has 3 rings (SSSR count). The van der Waals surface area contributed by atoms with Gasteiger partial charge in [0.25, 0.3) is 0 Å². The molecular formula is C22H23FN4O2S. The Balaban J connectivity index is 1.66. The fraction of sp³-hybridized carbons (Fsp3) is 0.273. The van der Waals surface area contributed by atoms with Gasteiger partial charge in [0.1, 0.15) is 16.9 Å². The van der Waals surface area contributed by atoms with Crippen LogP contribution in [0.5, 0.6) is 0 Å². The number of aromatic nitrogens is 2. The normalized spacial score (nSPS) is 12.8. The van der Waals surface area contributed by atoms with E-state index in [0.717, 1.165) is 12.0 Å². The van der Waals surface area contributed by atoms with Crippen molar-refractivity contribution < 1.29 is 14.0 Å². The number of nitrogens with zero attached hydrogens (tertiary/aromatic N) is 2. The number of hydrogen-bond acceptors (Lipinski definition) is 5.